The van der Waals surface area contributed by atoms with E-state index in [1.807, 2.05) is 13.0 Å². The lowest BCUT2D eigenvalue weighted by molar-refractivity contribution is -0.129. The summed E-state index contributed by atoms with van der Waals surface area (Å²) < 4.78 is 5.50. The van der Waals surface area contributed by atoms with Gasteiger partial charge in [-0.15, -0.1) is 0 Å². The maximum absolute atomic E-state index is 12.8. The zero-order valence-electron chi connectivity index (χ0n) is 20.0. The third-order valence-corrected chi connectivity index (χ3v) is 5.79. The summed E-state index contributed by atoms with van der Waals surface area (Å²) in [4.78, 5) is 41.9. The van der Waals surface area contributed by atoms with Crippen molar-refractivity contribution in [3.05, 3.63) is 71.3 Å². The molecule has 3 rings (SSSR count). The maximum Gasteiger partial charge on any atom is 0.344 e. The largest absolute Gasteiger partial charge is 0.423 e. The van der Waals surface area contributed by atoms with Gasteiger partial charge in [0, 0.05) is 20.1 Å². The van der Waals surface area contributed by atoms with E-state index in [1.165, 1.54) is 19.4 Å². The van der Waals surface area contributed by atoms with Crippen LogP contribution in [0.2, 0.25) is 0 Å². The van der Waals surface area contributed by atoms with Crippen LogP contribution >= 0.6 is 0 Å². The Bertz CT molecular complexity index is 1110. The first kappa shape index (κ1) is 24.1. The van der Waals surface area contributed by atoms with E-state index < -0.39 is 11.5 Å². The Morgan fingerprint density at radius 3 is 2.00 bits per heavy atom. The fraction of sp³-hybridized carbons (Fsp3) is 0.333. The number of rotatable bonds is 5. The number of ether oxygens (including phenoxy) is 1. The molecule has 0 fully saturated rings. The zero-order valence-corrected chi connectivity index (χ0v) is 20.0. The number of imide groups is 1. The molecular weight excluding hydrogens is 416 g/mol. The van der Waals surface area contributed by atoms with Gasteiger partial charge in [-0.2, -0.15) is 0 Å². The molecule has 6 nitrogen and oxygen atoms in total. The van der Waals surface area contributed by atoms with Crippen LogP contribution in [0.1, 0.15) is 59.1 Å². The quantitative estimate of drug-likeness (QED) is 0.473. The van der Waals surface area contributed by atoms with Gasteiger partial charge in [0.15, 0.2) is 0 Å². The molecule has 0 aromatic heterocycles. The Morgan fingerprint density at radius 1 is 0.939 bits per heavy atom. The Labute approximate surface area is 195 Å². The molecule has 2 aromatic rings. The second-order valence-electron chi connectivity index (χ2n) is 9.22. The average Bonchev–Trinajstić information content (AvgIpc) is 3.20. The normalized spacial score (nSPS) is 17.5. The fourth-order valence-electron chi connectivity index (χ4n) is 3.86. The molecular formula is C27H30N2O4. The molecule has 0 radical (unpaired) electrons. The average molecular weight is 447 g/mol. The van der Waals surface area contributed by atoms with Gasteiger partial charge in [0.1, 0.15) is 11.3 Å². The van der Waals surface area contributed by atoms with Gasteiger partial charge in [-0.1, -0.05) is 52.0 Å². The minimum absolute atomic E-state index is 0.0586. The van der Waals surface area contributed by atoms with Crippen LogP contribution in [0.25, 0.3) is 0 Å². The van der Waals surface area contributed by atoms with Gasteiger partial charge < -0.3 is 4.74 Å². The van der Waals surface area contributed by atoms with Crippen molar-refractivity contribution in [2.75, 3.05) is 4.90 Å². The summed E-state index contributed by atoms with van der Waals surface area (Å²) in [5.74, 6) is -0.964. The number of nitrogens with zero attached hydrogens (tertiary/aromatic N) is 2. The first-order valence-corrected chi connectivity index (χ1v) is 11.0. The summed E-state index contributed by atoms with van der Waals surface area (Å²) in [6, 6.07) is 14.6. The van der Waals surface area contributed by atoms with E-state index in [-0.39, 0.29) is 17.2 Å². The predicted molar refractivity (Wildman–Crippen MR) is 130 cm³/mol. The number of hydrogen-bond donors (Lipinski definition) is 0. The topological polar surface area (TPSA) is 76.0 Å². The lowest BCUT2D eigenvalue weighted by Gasteiger charge is -2.25. The van der Waals surface area contributed by atoms with Crippen LogP contribution in [0.3, 0.4) is 0 Å². The van der Waals surface area contributed by atoms with Gasteiger partial charge in [0.25, 0.3) is 0 Å². The molecule has 1 atom stereocenters. The summed E-state index contributed by atoms with van der Waals surface area (Å²) in [6.07, 6.45) is 4.11. The fourth-order valence-corrected chi connectivity index (χ4v) is 3.86. The SMILES string of the molecule is CCC1(c2ccc(C(C)(C)C)cc2)C=C(C(=O)Oc2ccc(N(C(C)=O)C(C)=O)cc2)C=N1. The number of hydrogen-bond acceptors (Lipinski definition) is 5. The van der Waals surface area contributed by atoms with E-state index in [4.69, 9.17) is 4.74 Å². The molecule has 1 aliphatic rings. The van der Waals surface area contributed by atoms with Crippen molar-refractivity contribution >= 4 is 29.7 Å². The van der Waals surface area contributed by atoms with E-state index in [9.17, 15) is 14.4 Å². The third-order valence-electron chi connectivity index (χ3n) is 5.79. The molecule has 2 amide bonds. The first-order chi connectivity index (χ1) is 15.5. The summed E-state index contributed by atoms with van der Waals surface area (Å²) in [7, 11) is 0. The van der Waals surface area contributed by atoms with Crippen LogP contribution in [-0.4, -0.2) is 24.0 Å². The van der Waals surface area contributed by atoms with Crippen LogP contribution < -0.4 is 9.64 Å². The van der Waals surface area contributed by atoms with Crippen molar-refractivity contribution in [3.8, 4) is 5.75 Å². The molecule has 1 aliphatic heterocycles. The van der Waals surface area contributed by atoms with Gasteiger partial charge in [-0.25, -0.2) is 4.79 Å². The van der Waals surface area contributed by atoms with Gasteiger partial charge in [0.2, 0.25) is 11.8 Å². The molecule has 2 aromatic carbocycles. The summed E-state index contributed by atoms with van der Waals surface area (Å²) in [5, 5.41) is 0. The number of esters is 1. The minimum Gasteiger partial charge on any atom is -0.423 e. The third kappa shape index (κ3) is 5.11. The highest BCUT2D eigenvalue weighted by Gasteiger charge is 2.33. The molecule has 6 heteroatoms. The predicted octanol–water partition coefficient (Wildman–Crippen LogP) is 5.11. The van der Waals surface area contributed by atoms with Crippen LogP contribution in [0, 0.1) is 0 Å². The summed E-state index contributed by atoms with van der Waals surface area (Å²) in [5.41, 5.74) is 2.52. The van der Waals surface area contributed by atoms with Crippen molar-refractivity contribution in [2.45, 2.75) is 58.9 Å². The lowest BCUT2D eigenvalue weighted by Crippen LogP contribution is -2.32. The number of benzene rings is 2. The Hall–Kier alpha value is -3.54. The van der Waals surface area contributed by atoms with Crippen LogP contribution in [0.15, 0.2) is 65.2 Å². The molecule has 0 saturated carbocycles. The maximum atomic E-state index is 12.8. The van der Waals surface area contributed by atoms with Crippen molar-refractivity contribution in [1.29, 1.82) is 0 Å². The van der Waals surface area contributed by atoms with Crippen LogP contribution in [0.5, 0.6) is 5.75 Å². The van der Waals surface area contributed by atoms with Crippen molar-refractivity contribution in [2.24, 2.45) is 4.99 Å². The number of carbonyl (C=O) groups is 3. The van der Waals surface area contributed by atoms with E-state index in [0.29, 0.717) is 23.4 Å². The molecule has 0 N–H and O–H groups in total. The lowest BCUT2D eigenvalue weighted by atomic mass is 9.83. The van der Waals surface area contributed by atoms with Crippen LogP contribution in [0.4, 0.5) is 5.69 Å². The molecule has 1 heterocycles. The second kappa shape index (κ2) is 9.14. The van der Waals surface area contributed by atoms with Gasteiger partial charge in [-0.3, -0.25) is 19.5 Å². The van der Waals surface area contributed by atoms with Gasteiger partial charge in [0.05, 0.1) is 11.3 Å². The van der Waals surface area contributed by atoms with E-state index in [1.54, 1.807) is 30.5 Å². The van der Waals surface area contributed by atoms with Crippen molar-refractivity contribution in [1.82, 2.24) is 0 Å². The number of amides is 2. The highest BCUT2D eigenvalue weighted by Crippen LogP contribution is 2.37. The molecule has 0 bridgehead atoms. The Kier molecular flexibility index (Phi) is 6.68. The smallest absolute Gasteiger partial charge is 0.344 e. The second-order valence-corrected chi connectivity index (χ2v) is 9.22. The Morgan fingerprint density at radius 2 is 1.52 bits per heavy atom. The van der Waals surface area contributed by atoms with E-state index in [0.717, 1.165) is 10.5 Å². The standard InChI is InChI=1S/C27H30N2O4/c1-7-27(22-10-8-21(9-11-22)26(4,5)6)16-20(17-28-27)25(32)33-24-14-12-23(13-15-24)29(18(2)30)19(3)31/h8-17H,7H2,1-6H3. The first-order valence-electron chi connectivity index (χ1n) is 11.0. The number of aliphatic imine (C=N–C) groups is 1. The highest BCUT2D eigenvalue weighted by molar-refractivity contribution is 6.13. The Balaban J connectivity index is 1.78. The summed E-state index contributed by atoms with van der Waals surface area (Å²) in [6.45, 7) is 11.2. The number of anilines is 1. The molecule has 172 valence electrons. The van der Waals surface area contributed by atoms with E-state index >= 15 is 0 Å². The summed E-state index contributed by atoms with van der Waals surface area (Å²) >= 11 is 0. The zero-order chi connectivity index (χ0) is 24.4. The number of carbonyl (C=O) groups excluding carboxylic acids is 3. The van der Waals surface area contributed by atoms with Gasteiger partial charge in [-0.05, 0) is 53.3 Å². The molecule has 1 unspecified atom stereocenters. The van der Waals surface area contributed by atoms with Crippen LogP contribution in [-0.2, 0) is 25.3 Å². The van der Waals surface area contributed by atoms with Crippen molar-refractivity contribution in [3.63, 3.8) is 0 Å². The monoisotopic (exact) mass is 446 g/mol. The molecule has 33 heavy (non-hydrogen) atoms. The molecule has 0 spiro atoms. The molecule has 0 aliphatic carbocycles. The minimum atomic E-state index is -0.599. The van der Waals surface area contributed by atoms with E-state index in [2.05, 4.69) is 50.0 Å². The highest BCUT2D eigenvalue weighted by atomic mass is 16.5. The van der Waals surface area contributed by atoms with Gasteiger partial charge >= 0.3 is 5.97 Å². The van der Waals surface area contributed by atoms with Crippen molar-refractivity contribution < 1.29 is 19.1 Å². The molecule has 0 saturated heterocycles.